The van der Waals surface area contributed by atoms with Gasteiger partial charge in [0, 0.05) is 25.7 Å². The molecule has 3 heteroatoms. The highest BCUT2D eigenvalue weighted by Gasteiger charge is 2.34. The Morgan fingerprint density at radius 1 is 1.19 bits per heavy atom. The van der Waals surface area contributed by atoms with Gasteiger partial charge < -0.3 is 10.1 Å². The molecule has 0 aromatic heterocycles. The van der Waals surface area contributed by atoms with Crippen LogP contribution in [0.1, 0.15) is 32.6 Å². The molecule has 3 heterocycles. The Balaban J connectivity index is 1.51. The number of ether oxygens (including phenoxy) is 1. The molecule has 3 nitrogen and oxygen atoms in total. The van der Waals surface area contributed by atoms with Crippen LogP contribution in [0.4, 0.5) is 0 Å². The summed E-state index contributed by atoms with van der Waals surface area (Å²) in [5.74, 6) is 0.911. The van der Waals surface area contributed by atoms with Gasteiger partial charge in [0.05, 0.1) is 12.2 Å². The highest BCUT2D eigenvalue weighted by atomic mass is 16.5. The number of hydrogen-bond donors (Lipinski definition) is 1. The third-order valence-corrected chi connectivity index (χ3v) is 4.37. The predicted molar refractivity (Wildman–Crippen MR) is 64.5 cm³/mol. The average Bonchev–Trinajstić information content (AvgIpc) is 2.58. The number of hydrogen-bond acceptors (Lipinski definition) is 3. The standard InChI is InChI=1S/C13H24N2O/c1-10-6-11(4-5-14-10)7-15-8-12-2-3-13(9-15)16-12/h10-14H,2-9H2,1H3. The van der Waals surface area contributed by atoms with Crippen molar-refractivity contribution in [3.63, 3.8) is 0 Å². The first-order valence-corrected chi connectivity index (χ1v) is 6.91. The molecule has 4 atom stereocenters. The molecular weight excluding hydrogens is 200 g/mol. The quantitative estimate of drug-likeness (QED) is 0.764. The summed E-state index contributed by atoms with van der Waals surface area (Å²) in [6.07, 6.45) is 6.41. The topological polar surface area (TPSA) is 24.5 Å². The summed E-state index contributed by atoms with van der Waals surface area (Å²) in [6, 6.07) is 0.719. The van der Waals surface area contributed by atoms with E-state index in [0.29, 0.717) is 12.2 Å². The van der Waals surface area contributed by atoms with Gasteiger partial charge in [0.15, 0.2) is 0 Å². The van der Waals surface area contributed by atoms with Gasteiger partial charge in [-0.3, -0.25) is 4.90 Å². The van der Waals surface area contributed by atoms with E-state index in [1.54, 1.807) is 0 Å². The number of likely N-dealkylation sites (tertiary alicyclic amines) is 1. The monoisotopic (exact) mass is 224 g/mol. The lowest BCUT2D eigenvalue weighted by Gasteiger charge is -2.37. The average molecular weight is 224 g/mol. The first-order valence-electron chi connectivity index (χ1n) is 6.91. The largest absolute Gasteiger partial charge is 0.372 e. The summed E-state index contributed by atoms with van der Waals surface area (Å²) >= 11 is 0. The van der Waals surface area contributed by atoms with E-state index in [1.165, 1.54) is 51.9 Å². The molecule has 3 aliphatic heterocycles. The van der Waals surface area contributed by atoms with Crippen molar-refractivity contribution < 1.29 is 4.74 Å². The maximum absolute atomic E-state index is 5.88. The maximum atomic E-state index is 5.88. The zero-order valence-corrected chi connectivity index (χ0v) is 10.3. The van der Waals surface area contributed by atoms with Gasteiger partial charge >= 0.3 is 0 Å². The van der Waals surface area contributed by atoms with Crippen molar-refractivity contribution in [3.05, 3.63) is 0 Å². The lowest BCUT2D eigenvalue weighted by Crippen LogP contribution is -2.47. The van der Waals surface area contributed by atoms with Crippen LogP contribution in [0.2, 0.25) is 0 Å². The second kappa shape index (κ2) is 4.63. The van der Waals surface area contributed by atoms with Crippen LogP contribution in [-0.4, -0.2) is 49.3 Å². The molecule has 92 valence electrons. The minimum atomic E-state index is 0.554. The van der Waals surface area contributed by atoms with E-state index in [0.717, 1.165) is 12.0 Å². The zero-order valence-electron chi connectivity index (χ0n) is 10.3. The summed E-state index contributed by atoms with van der Waals surface area (Å²) in [7, 11) is 0. The third-order valence-electron chi connectivity index (χ3n) is 4.37. The molecular formula is C13H24N2O. The molecule has 0 amide bonds. The van der Waals surface area contributed by atoms with Crippen LogP contribution in [0.25, 0.3) is 0 Å². The summed E-state index contributed by atoms with van der Waals surface area (Å²) in [5, 5.41) is 3.54. The lowest BCUT2D eigenvalue weighted by atomic mass is 9.92. The summed E-state index contributed by atoms with van der Waals surface area (Å²) in [5.41, 5.74) is 0. The normalized spacial score (nSPS) is 44.8. The summed E-state index contributed by atoms with van der Waals surface area (Å²) in [4.78, 5) is 2.66. The number of morpholine rings is 1. The van der Waals surface area contributed by atoms with Gasteiger partial charge in [-0.2, -0.15) is 0 Å². The Bertz CT molecular complexity index is 234. The van der Waals surface area contributed by atoms with Crippen molar-refractivity contribution in [1.29, 1.82) is 0 Å². The summed E-state index contributed by atoms with van der Waals surface area (Å²) < 4.78 is 5.88. The van der Waals surface area contributed by atoms with Gasteiger partial charge in [0.25, 0.3) is 0 Å². The maximum Gasteiger partial charge on any atom is 0.0707 e. The van der Waals surface area contributed by atoms with Gasteiger partial charge in [-0.15, -0.1) is 0 Å². The van der Waals surface area contributed by atoms with Gasteiger partial charge in [-0.25, -0.2) is 0 Å². The Morgan fingerprint density at radius 2 is 1.94 bits per heavy atom. The number of fused-ring (bicyclic) bond motifs is 2. The summed E-state index contributed by atoms with van der Waals surface area (Å²) in [6.45, 7) is 7.21. The Labute approximate surface area is 98.5 Å². The van der Waals surface area contributed by atoms with Crippen molar-refractivity contribution in [2.75, 3.05) is 26.2 Å². The van der Waals surface area contributed by atoms with Crippen molar-refractivity contribution in [3.8, 4) is 0 Å². The highest BCUT2D eigenvalue weighted by molar-refractivity contribution is 4.87. The fourth-order valence-corrected chi connectivity index (χ4v) is 3.61. The van der Waals surface area contributed by atoms with Crippen molar-refractivity contribution >= 4 is 0 Å². The molecule has 3 aliphatic rings. The van der Waals surface area contributed by atoms with Crippen LogP contribution in [0.3, 0.4) is 0 Å². The predicted octanol–water partition coefficient (Wildman–Crippen LogP) is 1.24. The number of nitrogens with zero attached hydrogens (tertiary/aromatic N) is 1. The van der Waals surface area contributed by atoms with Crippen molar-refractivity contribution in [1.82, 2.24) is 10.2 Å². The minimum Gasteiger partial charge on any atom is -0.372 e. The van der Waals surface area contributed by atoms with Crippen LogP contribution in [0.15, 0.2) is 0 Å². The van der Waals surface area contributed by atoms with E-state index in [2.05, 4.69) is 17.1 Å². The van der Waals surface area contributed by atoms with E-state index >= 15 is 0 Å². The van der Waals surface area contributed by atoms with Crippen LogP contribution in [-0.2, 0) is 4.74 Å². The zero-order chi connectivity index (χ0) is 11.0. The van der Waals surface area contributed by atoms with Gasteiger partial charge in [0.2, 0.25) is 0 Å². The number of nitrogens with one attached hydrogen (secondary N) is 1. The second-order valence-corrected chi connectivity index (χ2v) is 5.92. The van der Waals surface area contributed by atoms with E-state index in [1.807, 2.05) is 0 Å². The Morgan fingerprint density at radius 3 is 2.62 bits per heavy atom. The molecule has 0 aliphatic carbocycles. The third kappa shape index (κ3) is 2.41. The molecule has 1 N–H and O–H groups in total. The van der Waals surface area contributed by atoms with Crippen LogP contribution in [0, 0.1) is 5.92 Å². The SMILES string of the molecule is CC1CC(CN2CC3CCC(C2)O3)CCN1. The molecule has 0 radical (unpaired) electrons. The van der Waals surface area contributed by atoms with Crippen molar-refractivity contribution in [2.45, 2.75) is 50.9 Å². The molecule has 3 saturated heterocycles. The fraction of sp³-hybridized carbons (Fsp3) is 1.00. The highest BCUT2D eigenvalue weighted by Crippen LogP contribution is 2.28. The van der Waals surface area contributed by atoms with Crippen LogP contribution < -0.4 is 5.32 Å². The number of rotatable bonds is 2. The first kappa shape index (κ1) is 11.0. The Kier molecular flexibility index (Phi) is 3.18. The van der Waals surface area contributed by atoms with Gasteiger partial charge in [-0.05, 0) is 45.1 Å². The molecule has 3 fully saturated rings. The molecule has 3 rings (SSSR count). The van der Waals surface area contributed by atoms with Crippen LogP contribution >= 0.6 is 0 Å². The molecule has 0 aromatic carbocycles. The van der Waals surface area contributed by atoms with Crippen LogP contribution in [0.5, 0.6) is 0 Å². The van der Waals surface area contributed by atoms with E-state index < -0.39 is 0 Å². The smallest absolute Gasteiger partial charge is 0.0707 e. The lowest BCUT2D eigenvalue weighted by molar-refractivity contribution is -0.0440. The van der Waals surface area contributed by atoms with Crippen molar-refractivity contribution in [2.24, 2.45) is 5.92 Å². The molecule has 2 bridgehead atoms. The molecule has 16 heavy (non-hydrogen) atoms. The molecule has 4 unspecified atom stereocenters. The Hall–Kier alpha value is -0.120. The van der Waals surface area contributed by atoms with E-state index in [4.69, 9.17) is 4.74 Å². The molecule has 0 saturated carbocycles. The first-order chi connectivity index (χ1) is 7.79. The fourth-order valence-electron chi connectivity index (χ4n) is 3.61. The van der Waals surface area contributed by atoms with E-state index in [-0.39, 0.29) is 0 Å². The molecule has 0 spiro atoms. The number of piperidine rings is 1. The van der Waals surface area contributed by atoms with E-state index in [9.17, 15) is 0 Å². The second-order valence-electron chi connectivity index (χ2n) is 5.92. The van der Waals surface area contributed by atoms with Gasteiger partial charge in [-0.1, -0.05) is 0 Å². The van der Waals surface area contributed by atoms with Gasteiger partial charge in [0.1, 0.15) is 0 Å². The minimum absolute atomic E-state index is 0.554. The molecule has 0 aromatic rings.